The van der Waals surface area contributed by atoms with Crippen LogP contribution in [0.3, 0.4) is 0 Å². The molecule has 166 valence electrons. The Kier molecular flexibility index (Phi) is 6.55. The summed E-state index contributed by atoms with van der Waals surface area (Å²) in [6, 6.07) is 17.5. The van der Waals surface area contributed by atoms with Crippen molar-refractivity contribution >= 4 is 23.4 Å². The number of hydrogen-bond donors (Lipinski definition) is 3. The van der Waals surface area contributed by atoms with Crippen LogP contribution in [0.2, 0.25) is 0 Å². The van der Waals surface area contributed by atoms with E-state index in [0.29, 0.717) is 10.4 Å². The van der Waals surface area contributed by atoms with Crippen LogP contribution in [0.15, 0.2) is 60.0 Å². The molecule has 0 saturated carbocycles. The average Bonchev–Trinajstić information content (AvgIpc) is 3.44. The van der Waals surface area contributed by atoms with Crippen molar-refractivity contribution in [3.63, 3.8) is 0 Å². The van der Waals surface area contributed by atoms with Gasteiger partial charge in [0.25, 0.3) is 0 Å². The lowest BCUT2D eigenvalue weighted by molar-refractivity contribution is 0.0206. The Morgan fingerprint density at radius 1 is 1.06 bits per heavy atom. The number of nitrogens with one attached hydrogen (secondary N) is 1. The fraction of sp³-hybridized carbons (Fsp3) is 0.250. The number of carbonyl (C=O) groups excluding carboxylic acids is 2. The summed E-state index contributed by atoms with van der Waals surface area (Å²) in [5.41, 5.74) is 4.78. The number of rotatable bonds is 7. The molecule has 4 rings (SSSR count). The van der Waals surface area contributed by atoms with E-state index in [9.17, 15) is 19.8 Å². The minimum Gasteiger partial charge on any atom is -0.465 e. The summed E-state index contributed by atoms with van der Waals surface area (Å²) in [5.74, 6) is -0.586. The number of benzene rings is 2. The van der Waals surface area contributed by atoms with Crippen molar-refractivity contribution in [2.45, 2.75) is 18.1 Å². The van der Waals surface area contributed by atoms with E-state index >= 15 is 0 Å². The summed E-state index contributed by atoms with van der Waals surface area (Å²) >= 11 is 1.12. The molecular formula is C24H23NO6S. The zero-order valence-corrected chi connectivity index (χ0v) is 18.2. The van der Waals surface area contributed by atoms with E-state index in [1.54, 1.807) is 0 Å². The van der Waals surface area contributed by atoms with E-state index in [2.05, 4.69) is 22.2 Å². The summed E-state index contributed by atoms with van der Waals surface area (Å²) in [4.78, 5) is 24.2. The second-order valence-corrected chi connectivity index (χ2v) is 8.39. The molecule has 0 radical (unpaired) electrons. The quantitative estimate of drug-likeness (QED) is 0.473. The number of ether oxygens (including phenoxy) is 2. The molecule has 1 aliphatic carbocycles. The zero-order chi connectivity index (χ0) is 22.7. The average molecular weight is 454 g/mol. The number of carbonyl (C=O) groups is 2. The summed E-state index contributed by atoms with van der Waals surface area (Å²) in [5, 5.41) is 24.6. The van der Waals surface area contributed by atoms with Crippen LogP contribution >= 0.6 is 11.3 Å². The molecule has 1 aliphatic rings. The van der Waals surface area contributed by atoms with Crippen molar-refractivity contribution in [1.82, 2.24) is 5.32 Å². The van der Waals surface area contributed by atoms with Crippen molar-refractivity contribution in [3.8, 4) is 11.1 Å². The molecule has 0 fully saturated rings. The van der Waals surface area contributed by atoms with Crippen LogP contribution in [0.1, 0.15) is 38.4 Å². The van der Waals surface area contributed by atoms with Crippen LogP contribution in [-0.2, 0) is 9.47 Å². The standard InChI is InChI=1S/C24H23NO6S/c1-30-23(28)14-10-21(32-13-14)22(27)20(26)11-25-24(29)31-12-19-17-8-4-2-6-15(17)16-7-3-5-9-18(16)19/h2-10,13,19-20,22,26-27H,11-12H2,1H3,(H,25,29). The second-order valence-electron chi connectivity index (χ2n) is 7.45. The van der Waals surface area contributed by atoms with Gasteiger partial charge in [-0.15, -0.1) is 11.3 Å². The maximum absolute atomic E-state index is 12.2. The van der Waals surface area contributed by atoms with Gasteiger partial charge in [-0.05, 0) is 28.3 Å². The molecule has 7 nitrogen and oxygen atoms in total. The third-order valence-electron chi connectivity index (χ3n) is 5.50. The SMILES string of the molecule is COC(=O)c1csc(C(O)C(O)CNC(=O)OCC2c3ccccc3-c3ccccc32)c1. The number of thiophene rings is 1. The molecule has 1 aromatic heterocycles. The number of methoxy groups -OCH3 is 1. The Labute approximate surface area is 189 Å². The van der Waals surface area contributed by atoms with Gasteiger partial charge in [-0.3, -0.25) is 0 Å². The number of amides is 1. The first-order valence-electron chi connectivity index (χ1n) is 10.1. The molecule has 3 aromatic rings. The Morgan fingerprint density at radius 2 is 1.69 bits per heavy atom. The predicted molar refractivity (Wildman–Crippen MR) is 120 cm³/mol. The molecule has 0 bridgehead atoms. The van der Waals surface area contributed by atoms with Crippen molar-refractivity contribution in [2.75, 3.05) is 20.3 Å². The molecule has 1 amide bonds. The molecule has 2 aromatic carbocycles. The Balaban J connectivity index is 1.32. The van der Waals surface area contributed by atoms with Gasteiger partial charge < -0.3 is 25.0 Å². The maximum Gasteiger partial charge on any atom is 0.407 e. The molecule has 0 aliphatic heterocycles. The number of fused-ring (bicyclic) bond motifs is 3. The van der Waals surface area contributed by atoms with Crippen LogP contribution in [0, 0.1) is 0 Å². The monoisotopic (exact) mass is 453 g/mol. The molecule has 0 spiro atoms. The fourth-order valence-electron chi connectivity index (χ4n) is 3.87. The second kappa shape index (κ2) is 9.52. The minimum absolute atomic E-state index is 0.0634. The summed E-state index contributed by atoms with van der Waals surface area (Å²) in [7, 11) is 1.27. The lowest BCUT2D eigenvalue weighted by Gasteiger charge is -2.18. The Morgan fingerprint density at radius 3 is 2.31 bits per heavy atom. The van der Waals surface area contributed by atoms with Crippen molar-refractivity contribution in [1.29, 1.82) is 0 Å². The molecule has 32 heavy (non-hydrogen) atoms. The lowest BCUT2D eigenvalue weighted by atomic mass is 9.98. The third kappa shape index (κ3) is 4.38. The van der Waals surface area contributed by atoms with E-state index in [-0.39, 0.29) is 19.1 Å². The van der Waals surface area contributed by atoms with Gasteiger partial charge in [0.05, 0.1) is 12.7 Å². The van der Waals surface area contributed by atoms with Gasteiger partial charge in [-0.1, -0.05) is 48.5 Å². The van der Waals surface area contributed by atoms with Crippen LogP contribution in [0.5, 0.6) is 0 Å². The number of esters is 1. The van der Waals surface area contributed by atoms with Gasteiger partial charge in [0, 0.05) is 22.7 Å². The summed E-state index contributed by atoms with van der Waals surface area (Å²) in [6.07, 6.45) is -3.20. The summed E-state index contributed by atoms with van der Waals surface area (Å²) < 4.78 is 10.1. The van der Waals surface area contributed by atoms with Crippen LogP contribution < -0.4 is 5.32 Å². The normalized spacial score (nSPS) is 14.2. The van der Waals surface area contributed by atoms with E-state index in [4.69, 9.17) is 4.74 Å². The maximum atomic E-state index is 12.2. The Bertz CT molecular complexity index is 1080. The first kappa shape index (κ1) is 22.0. The van der Waals surface area contributed by atoms with Crippen molar-refractivity contribution in [2.24, 2.45) is 0 Å². The number of aliphatic hydroxyl groups excluding tert-OH is 2. The van der Waals surface area contributed by atoms with E-state index in [1.165, 1.54) is 18.6 Å². The van der Waals surface area contributed by atoms with Crippen LogP contribution in [-0.4, -0.2) is 48.6 Å². The van der Waals surface area contributed by atoms with E-state index < -0.39 is 24.3 Å². The molecule has 1 heterocycles. The predicted octanol–water partition coefficient (Wildman–Crippen LogP) is 3.47. The van der Waals surface area contributed by atoms with Gasteiger partial charge >= 0.3 is 12.1 Å². The van der Waals surface area contributed by atoms with Crippen molar-refractivity contribution < 1.29 is 29.3 Å². The fourth-order valence-corrected chi connectivity index (χ4v) is 4.79. The van der Waals surface area contributed by atoms with Crippen molar-refractivity contribution in [3.05, 3.63) is 81.5 Å². The van der Waals surface area contributed by atoms with Crippen LogP contribution in [0.25, 0.3) is 11.1 Å². The highest BCUT2D eigenvalue weighted by Gasteiger charge is 2.29. The molecule has 3 N–H and O–H groups in total. The molecule has 2 unspecified atom stereocenters. The number of hydrogen-bond acceptors (Lipinski definition) is 7. The van der Waals surface area contributed by atoms with Gasteiger partial charge in [0.1, 0.15) is 18.8 Å². The van der Waals surface area contributed by atoms with E-state index in [0.717, 1.165) is 33.6 Å². The van der Waals surface area contributed by atoms with Gasteiger partial charge in [0.15, 0.2) is 0 Å². The third-order valence-corrected chi connectivity index (χ3v) is 6.50. The van der Waals surface area contributed by atoms with Crippen LogP contribution in [0.4, 0.5) is 4.79 Å². The number of aliphatic hydroxyl groups is 2. The van der Waals surface area contributed by atoms with Gasteiger partial charge in [-0.25, -0.2) is 9.59 Å². The first-order valence-corrected chi connectivity index (χ1v) is 11.0. The molecule has 2 atom stereocenters. The topological polar surface area (TPSA) is 105 Å². The minimum atomic E-state index is -1.26. The number of alkyl carbamates (subject to hydrolysis) is 1. The highest BCUT2D eigenvalue weighted by molar-refractivity contribution is 7.10. The smallest absolute Gasteiger partial charge is 0.407 e. The van der Waals surface area contributed by atoms with Gasteiger partial charge in [0.2, 0.25) is 0 Å². The summed E-state index contributed by atoms with van der Waals surface area (Å²) in [6.45, 7) is -0.0464. The molecule has 8 heteroatoms. The highest BCUT2D eigenvalue weighted by atomic mass is 32.1. The Hall–Kier alpha value is -3.20. The molecule has 0 saturated heterocycles. The zero-order valence-electron chi connectivity index (χ0n) is 17.4. The van der Waals surface area contributed by atoms with E-state index in [1.807, 2.05) is 36.4 Å². The molecular weight excluding hydrogens is 430 g/mol. The first-order chi connectivity index (χ1) is 15.5. The van der Waals surface area contributed by atoms with Gasteiger partial charge in [-0.2, -0.15) is 0 Å². The lowest BCUT2D eigenvalue weighted by Crippen LogP contribution is -2.36. The largest absolute Gasteiger partial charge is 0.465 e. The highest BCUT2D eigenvalue weighted by Crippen LogP contribution is 2.44.